The maximum absolute atomic E-state index is 16.6. The summed E-state index contributed by atoms with van der Waals surface area (Å²) in [5.74, 6) is -2.91. The monoisotopic (exact) mass is 645 g/mol. The summed E-state index contributed by atoms with van der Waals surface area (Å²) in [6.45, 7) is 20.6. The highest BCUT2D eigenvalue weighted by molar-refractivity contribution is 6.74. The van der Waals surface area contributed by atoms with Gasteiger partial charge in [0.2, 0.25) is 0 Å². The number of fused-ring (bicyclic) bond motifs is 1. The number of halogens is 4. The van der Waals surface area contributed by atoms with E-state index >= 15 is 4.39 Å². The molecule has 2 aromatic rings. The number of ether oxygens (including phenoxy) is 1. The lowest BCUT2D eigenvalue weighted by atomic mass is 10.1. The van der Waals surface area contributed by atoms with E-state index in [4.69, 9.17) is 25.2 Å². The van der Waals surface area contributed by atoms with Crippen molar-refractivity contribution in [2.45, 2.75) is 115 Å². The van der Waals surface area contributed by atoms with Crippen LogP contribution in [0.3, 0.4) is 0 Å². The molecule has 0 N–H and O–H groups in total. The Balaban J connectivity index is 1.75. The van der Waals surface area contributed by atoms with Crippen LogP contribution in [0, 0.1) is 11.3 Å². The smallest absolute Gasteiger partial charge is 0.266 e. The van der Waals surface area contributed by atoms with Gasteiger partial charge in [0.15, 0.2) is 39.8 Å². The van der Waals surface area contributed by atoms with Gasteiger partial charge < -0.3 is 18.5 Å². The zero-order chi connectivity index (χ0) is 31.6. The zero-order valence-electron chi connectivity index (χ0n) is 26.2. The number of aromatic nitrogens is 3. The third-order valence-corrected chi connectivity index (χ3v) is 18.7. The molecule has 0 radical (unpaired) electrons. The van der Waals surface area contributed by atoms with Crippen molar-refractivity contribution in [1.29, 1.82) is 5.26 Å². The predicted octanol–water partition coefficient (Wildman–Crippen LogP) is 7.45. The van der Waals surface area contributed by atoms with Crippen LogP contribution < -0.4 is 4.90 Å². The van der Waals surface area contributed by atoms with Crippen molar-refractivity contribution < 1.29 is 26.8 Å². The molecule has 0 bridgehead atoms. The number of pyridine rings is 1. The Bertz CT molecular complexity index is 1370. The van der Waals surface area contributed by atoms with Crippen LogP contribution in [0.5, 0.6) is 0 Å². The fraction of sp³-hybridized carbons (Fsp3) is 0.750. The molecule has 0 unspecified atom stereocenters. The number of rotatable bonds is 7. The van der Waals surface area contributed by atoms with Crippen LogP contribution in [0.4, 0.5) is 18.9 Å². The first-order valence-corrected chi connectivity index (χ1v) is 20.5. The van der Waals surface area contributed by atoms with Gasteiger partial charge >= 0.3 is 0 Å². The summed E-state index contributed by atoms with van der Waals surface area (Å²) in [5.41, 5.74) is 0.343. The molecule has 4 rings (SSSR count). The van der Waals surface area contributed by atoms with Crippen LogP contribution in [0.15, 0.2) is 6.20 Å². The molecule has 8 nitrogen and oxygen atoms in total. The molecule has 2 aliphatic heterocycles. The highest BCUT2D eigenvalue weighted by Crippen LogP contribution is 2.45. The van der Waals surface area contributed by atoms with Crippen molar-refractivity contribution in [3.8, 4) is 6.07 Å². The van der Waals surface area contributed by atoms with Crippen LogP contribution in [0.25, 0.3) is 11.0 Å². The van der Waals surface area contributed by atoms with Gasteiger partial charge in [-0.05, 0) is 36.3 Å². The number of alkyl halides is 3. The highest BCUT2D eigenvalue weighted by Gasteiger charge is 2.53. The number of anilines is 1. The first kappa shape index (κ1) is 33.2. The molecular weight excluding hydrogens is 603 g/mol. The first-order valence-electron chi connectivity index (χ1n) is 14.3. The molecule has 42 heavy (non-hydrogen) atoms. The topological polar surface area (TPSA) is 85.4 Å². The Hall–Kier alpha value is -1.70. The molecule has 0 spiro atoms. The molecule has 0 amide bonds. The standard InChI is InChI=1S/C28H43ClF3N5O3Si2/c1-26(2,3)41(7,8)38-15-19-22(40-42(9,10)27(4,5)6)20(30)25(39-19)37-24-18(14-34-37)21(17(13-33)23(29)35-24)36-12-11-28(31,32)16-36/h14,19-20,22,25H,11-12,15-16H2,1-10H3/t19-,20+,22-,25-/m1/s1. The molecule has 0 saturated carbocycles. The van der Waals surface area contributed by atoms with Crippen LogP contribution >= 0.6 is 11.6 Å². The van der Waals surface area contributed by atoms with E-state index in [9.17, 15) is 14.0 Å². The van der Waals surface area contributed by atoms with Gasteiger partial charge in [0.1, 0.15) is 23.8 Å². The molecule has 4 heterocycles. The van der Waals surface area contributed by atoms with E-state index in [1.54, 1.807) is 0 Å². The molecule has 2 saturated heterocycles. The maximum Gasteiger partial charge on any atom is 0.266 e. The van der Waals surface area contributed by atoms with E-state index in [0.29, 0.717) is 5.39 Å². The average molecular weight is 646 g/mol. The van der Waals surface area contributed by atoms with Gasteiger partial charge in [-0.3, -0.25) is 0 Å². The van der Waals surface area contributed by atoms with Crippen molar-refractivity contribution in [2.75, 3.05) is 24.6 Å². The third-order valence-electron chi connectivity index (χ3n) is 9.43. The Morgan fingerprint density at radius 1 is 1.14 bits per heavy atom. The van der Waals surface area contributed by atoms with Gasteiger partial charge in [0.05, 0.1) is 30.4 Å². The second-order valence-corrected chi connectivity index (χ2v) is 24.4. The van der Waals surface area contributed by atoms with Gasteiger partial charge in [-0.15, -0.1) is 0 Å². The molecule has 234 valence electrons. The largest absolute Gasteiger partial charge is 0.414 e. The summed E-state index contributed by atoms with van der Waals surface area (Å²) in [5, 5.41) is 14.1. The predicted molar refractivity (Wildman–Crippen MR) is 163 cm³/mol. The SMILES string of the molecule is CC(C)(C)[Si](C)(C)OC[C@H]1O[C@@H](n2ncc3c(N4CCC(F)(F)C4)c(C#N)c(Cl)nc32)[C@@H](F)[C@@H]1O[Si](C)(C)C(C)(C)C. The van der Waals surface area contributed by atoms with E-state index < -0.39 is 53.7 Å². The molecule has 2 aromatic heterocycles. The fourth-order valence-electron chi connectivity index (χ4n) is 4.75. The van der Waals surface area contributed by atoms with Crippen molar-refractivity contribution in [3.05, 3.63) is 16.9 Å². The van der Waals surface area contributed by atoms with E-state index in [-0.39, 0.29) is 51.7 Å². The maximum atomic E-state index is 16.6. The molecule has 4 atom stereocenters. The minimum atomic E-state index is -2.91. The second-order valence-electron chi connectivity index (χ2n) is 14.5. The summed E-state index contributed by atoms with van der Waals surface area (Å²) in [6, 6.07) is 1.99. The van der Waals surface area contributed by atoms with Crippen molar-refractivity contribution in [3.63, 3.8) is 0 Å². The number of hydrogen-bond acceptors (Lipinski definition) is 7. The summed E-state index contributed by atoms with van der Waals surface area (Å²) in [4.78, 5) is 5.78. The van der Waals surface area contributed by atoms with Gasteiger partial charge in [-0.25, -0.2) is 22.8 Å². The summed E-state index contributed by atoms with van der Waals surface area (Å²) in [7, 11) is -4.64. The van der Waals surface area contributed by atoms with Gasteiger partial charge in [-0.1, -0.05) is 53.1 Å². The molecule has 2 aliphatic rings. The van der Waals surface area contributed by atoms with Gasteiger partial charge in [0, 0.05) is 13.0 Å². The van der Waals surface area contributed by atoms with Gasteiger partial charge in [0.25, 0.3) is 5.92 Å². The Morgan fingerprint density at radius 3 is 2.29 bits per heavy atom. The summed E-state index contributed by atoms with van der Waals surface area (Å²) >= 11 is 6.41. The van der Waals surface area contributed by atoms with Crippen LogP contribution in [0.1, 0.15) is 59.8 Å². The van der Waals surface area contributed by atoms with Crippen LogP contribution in [-0.4, -0.2) is 75.4 Å². The third kappa shape index (κ3) is 6.12. The summed E-state index contributed by atoms with van der Waals surface area (Å²) < 4.78 is 65.6. The van der Waals surface area contributed by atoms with Crippen LogP contribution in [0.2, 0.25) is 41.4 Å². The fourth-order valence-corrected chi connectivity index (χ4v) is 7.29. The van der Waals surface area contributed by atoms with E-state index in [0.717, 1.165) is 0 Å². The Morgan fingerprint density at radius 2 is 1.76 bits per heavy atom. The van der Waals surface area contributed by atoms with Crippen LogP contribution in [-0.2, 0) is 13.6 Å². The quantitative estimate of drug-likeness (QED) is 0.228. The molecule has 2 fully saturated rings. The van der Waals surface area contributed by atoms with Crippen molar-refractivity contribution in [2.24, 2.45) is 0 Å². The number of hydrogen-bond donors (Lipinski definition) is 0. The number of nitriles is 1. The normalized spacial score (nSPS) is 25.4. The van der Waals surface area contributed by atoms with Crippen molar-refractivity contribution in [1.82, 2.24) is 14.8 Å². The van der Waals surface area contributed by atoms with Crippen molar-refractivity contribution >= 4 is 45.0 Å². The molecular formula is C28H43ClF3N5O3Si2. The minimum absolute atomic E-state index is 0.0228. The molecule has 0 aliphatic carbocycles. The average Bonchev–Trinajstić information content (AvgIpc) is 3.50. The highest BCUT2D eigenvalue weighted by atomic mass is 35.5. The number of nitrogens with zero attached hydrogens (tertiary/aromatic N) is 5. The second kappa shape index (κ2) is 11.0. The molecule has 14 heteroatoms. The lowest BCUT2D eigenvalue weighted by molar-refractivity contribution is -0.0470. The molecule has 0 aromatic carbocycles. The Labute approximate surface area is 253 Å². The van der Waals surface area contributed by atoms with E-state index in [1.165, 1.54) is 15.8 Å². The minimum Gasteiger partial charge on any atom is -0.414 e. The van der Waals surface area contributed by atoms with E-state index in [1.807, 2.05) is 6.07 Å². The Kier molecular flexibility index (Phi) is 8.72. The van der Waals surface area contributed by atoms with Gasteiger partial charge in [-0.2, -0.15) is 10.4 Å². The lowest BCUT2D eigenvalue weighted by Gasteiger charge is -2.40. The van der Waals surface area contributed by atoms with E-state index in [2.05, 4.69) is 77.8 Å². The first-order chi connectivity index (χ1) is 19.1. The zero-order valence-corrected chi connectivity index (χ0v) is 28.9. The summed E-state index contributed by atoms with van der Waals surface area (Å²) in [6.07, 6.45) is -3.46. The lowest BCUT2D eigenvalue weighted by Crippen LogP contribution is -2.50.